The number of ether oxygens (including phenoxy) is 2. The zero-order valence-electron chi connectivity index (χ0n) is 14.6. The van der Waals surface area contributed by atoms with Crippen LogP contribution in [0.15, 0.2) is 43.0 Å². The smallest absolute Gasteiger partial charge is 0.184 e. The fraction of sp³-hybridized carbons (Fsp3) is 0.364. The second kappa shape index (κ2) is 6.21. The summed E-state index contributed by atoms with van der Waals surface area (Å²) in [6, 6.07) is 9.49. The molecule has 2 nitrogen and oxygen atoms in total. The van der Waals surface area contributed by atoms with E-state index in [0.29, 0.717) is 12.8 Å². The normalized spacial score (nSPS) is 30.9. The van der Waals surface area contributed by atoms with Gasteiger partial charge < -0.3 is 9.47 Å². The van der Waals surface area contributed by atoms with Crippen LogP contribution in [0.25, 0.3) is 0 Å². The van der Waals surface area contributed by atoms with Crippen LogP contribution in [0.3, 0.4) is 0 Å². The Labute approximate surface area is 155 Å². The second-order valence-electron chi connectivity index (χ2n) is 7.47. The van der Waals surface area contributed by atoms with Gasteiger partial charge in [0.15, 0.2) is 17.9 Å². The van der Waals surface area contributed by atoms with Crippen LogP contribution in [0.4, 0.5) is 13.2 Å². The van der Waals surface area contributed by atoms with Gasteiger partial charge in [0.1, 0.15) is 5.82 Å². The molecule has 1 aliphatic heterocycles. The third-order valence-electron chi connectivity index (χ3n) is 6.11. The molecule has 0 radical (unpaired) electrons. The Morgan fingerprint density at radius 2 is 1.48 bits per heavy atom. The Balaban J connectivity index is 1.60. The Morgan fingerprint density at radius 3 is 2.07 bits per heavy atom. The van der Waals surface area contributed by atoms with Crippen molar-refractivity contribution in [3.05, 3.63) is 82.7 Å². The van der Waals surface area contributed by atoms with E-state index < -0.39 is 29.7 Å². The van der Waals surface area contributed by atoms with Crippen LogP contribution in [0.1, 0.15) is 53.2 Å². The molecular formula is C22H19F3O2. The molecule has 2 bridgehead atoms. The number of fused-ring (bicyclic) bond motifs is 1. The quantitative estimate of drug-likeness (QED) is 0.538. The zero-order chi connectivity index (χ0) is 18.7. The van der Waals surface area contributed by atoms with Crippen LogP contribution < -0.4 is 0 Å². The van der Waals surface area contributed by atoms with Gasteiger partial charge in [-0.3, -0.25) is 0 Å². The van der Waals surface area contributed by atoms with Crippen molar-refractivity contribution in [1.29, 1.82) is 0 Å². The average molecular weight is 372 g/mol. The van der Waals surface area contributed by atoms with E-state index in [1.54, 1.807) is 0 Å². The van der Waals surface area contributed by atoms with Crippen LogP contribution in [0.5, 0.6) is 0 Å². The molecular weight excluding hydrogens is 353 g/mol. The SMILES string of the molecule is C=CCc1c(F)c(F)c2c(c1F)C1CCC2C2OC(c3ccccc3)OC12. The molecule has 0 N–H and O–H groups in total. The van der Waals surface area contributed by atoms with E-state index in [2.05, 4.69) is 6.58 Å². The van der Waals surface area contributed by atoms with Gasteiger partial charge in [-0.1, -0.05) is 36.4 Å². The molecule has 0 aromatic heterocycles. The molecule has 27 heavy (non-hydrogen) atoms. The standard InChI is InChI=1S/C22H19F3O2/c1-2-6-14-17(23)15-12-9-10-13(16(15)19(25)18(14)24)21-20(12)26-22(27-21)11-7-4-3-5-8-11/h2-5,7-8,12-13,20-22H,1,6,9-10H2. The Bertz CT molecular complexity index is 912. The van der Waals surface area contributed by atoms with E-state index in [1.165, 1.54) is 6.08 Å². The van der Waals surface area contributed by atoms with Crippen LogP contribution in [0.2, 0.25) is 0 Å². The molecule has 6 rings (SSSR count). The lowest BCUT2D eigenvalue weighted by Gasteiger charge is -2.45. The molecule has 1 saturated carbocycles. The maximum absolute atomic E-state index is 15.2. The summed E-state index contributed by atoms with van der Waals surface area (Å²) in [7, 11) is 0. The summed E-state index contributed by atoms with van der Waals surface area (Å²) in [5.41, 5.74) is 1.05. The van der Waals surface area contributed by atoms with Gasteiger partial charge in [0, 0.05) is 34.1 Å². The van der Waals surface area contributed by atoms with E-state index in [1.807, 2.05) is 30.3 Å². The van der Waals surface area contributed by atoms with Crippen LogP contribution in [-0.4, -0.2) is 12.2 Å². The molecule has 5 unspecified atom stereocenters. The van der Waals surface area contributed by atoms with Gasteiger partial charge in [-0.15, -0.1) is 6.58 Å². The van der Waals surface area contributed by atoms with Gasteiger partial charge in [0.2, 0.25) is 0 Å². The number of allylic oxidation sites excluding steroid dienone is 1. The monoisotopic (exact) mass is 372 g/mol. The molecule has 0 spiro atoms. The van der Waals surface area contributed by atoms with Crippen LogP contribution in [0, 0.1) is 17.5 Å². The van der Waals surface area contributed by atoms with Crippen LogP contribution >= 0.6 is 0 Å². The number of hydrogen-bond donors (Lipinski definition) is 0. The van der Waals surface area contributed by atoms with Crippen molar-refractivity contribution in [2.75, 3.05) is 0 Å². The molecule has 5 atom stereocenters. The molecule has 1 saturated heterocycles. The minimum atomic E-state index is -1.10. The number of halogens is 3. The lowest BCUT2D eigenvalue weighted by molar-refractivity contribution is -0.0700. The molecule has 1 heterocycles. The summed E-state index contributed by atoms with van der Waals surface area (Å²) >= 11 is 0. The minimum Gasteiger partial charge on any atom is -0.342 e. The zero-order valence-corrected chi connectivity index (χ0v) is 14.6. The number of rotatable bonds is 3. The first-order chi connectivity index (χ1) is 13.1. The van der Waals surface area contributed by atoms with E-state index in [9.17, 15) is 8.78 Å². The highest BCUT2D eigenvalue weighted by atomic mass is 19.2. The fourth-order valence-electron chi connectivity index (χ4n) is 4.99. The van der Waals surface area contributed by atoms with Gasteiger partial charge >= 0.3 is 0 Å². The Hall–Kier alpha value is -2.11. The first-order valence-electron chi connectivity index (χ1n) is 9.27. The summed E-state index contributed by atoms with van der Waals surface area (Å²) in [5.74, 6) is -3.42. The largest absolute Gasteiger partial charge is 0.342 e. The molecule has 140 valence electrons. The van der Waals surface area contributed by atoms with Gasteiger partial charge in [-0.05, 0) is 19.3 Å². The van der Waals surface area contributed by atoms with Crippen molar-refractivity contribution < 1.29 is 22.6 Å². The Morgan fingerprint density at radius 1 is 0.889 bits per heavy atom. The average Bonchev–Trinajstić information content (AvgIpc) is 3.17. The summed E-state index contributed by atoms with van der Waals surface area (Å²) in [4.78, 5) is 0. The predicted octanol–water partition coefficient (Wildman–Crippen LogP) is 5.29. The van der Waals surface area contributed by atoms with Gasteiger partial charge in [-0.2, -0.15) is 0 Å². The highest BCUT2D eigenvalue weighted by Gasteiger charge is 2.56. The summed E-state index contributed by atoms with van der Waals surface area (Å²) in [6.07, 6.45) is 1.36. The van der Waals surface area contributed by atoms with Gasteiger partial charge in [-0.25, -0.2) is 13.2 Å². The molecule has 0 amide bonds. The molecule has 4 aliphatic rings. The fourth-order valence-corrected chi connectivity index (χ4v) is 4.99. The maximum Gasteiger partial charge on any atom is 0.184 e. The first-order valence-corrected chi connectivity index (χ1v) is 9.27. The second-order valence-corrected chi connectivity index (χ2v) is 7.47. The number of hydrogen-bond acceptors (Lipinski definition) is 2. The summed E-state index contributed by atoms with van der Waals surface area (Å²) < 4.78 is 56.8. The van der Waals surface area contributed by atoms with Gasteiger partial charge in [0.05, 0.1) is 12.2 Å². The van der Waals surface area contributed by atoms with Crippen LogP contribution in [-0.2, 0) is 15.9 Å². The van der Waals surface area contributed by atoms with Crippen molar-refractivity contribution >= 4 is 0 Å². The molecule has 5 heteroatoms. The number of benzene rings is 2. The predicted molar refractivity (Wildman–Crippen MR) is 93.9 cm³/mol. The topological polar surface area (TPSA) is 18.5 Å². The Kier molecular flexibility index (Phi) is 3.92. The maximum atomic E-state index is 15.2. The van der Waals surface area contributed by atoms with Crippen molar-refractivity contribution in [3.8, 4) is 0 Å². The minimum absolute atomic E-state index is 0.0443. The molecule has 2 aromatic rings. The molecule has 2 fully saturated rings. The highest BCUT2D eigenvalue weighted by Crippen LogP contribution is 2.58. The van der Waals surface area contributed by atoms with Crippen molar-refractivity contribution in [2.24, 2.45) is 0 Å². The van der Waals surface area contributed by atoms with E-state index in [4.69, 9.17) is 9.47 Å². The van der Waals surface area contributed by atoms with E-state index >= 15 is 4.39 Å². The van der Waals surface area contributed by atoms with Crippen molar-refractivity contribution in [3.63, 3.8) is 0 Å². The third kappa shape index (κ3) is 2.34. The summed E-state index contributed by atoms with van der Waals surface area (Å²) in [5, 5.41) is 0. The summed E-state index contributed by atoms with van der Waals surface area (Å²) in [6.45, 7) is 3.52. The lowest BCUT2D eigenvalue weighted by Crippen LogP contribution is -2.45. The first kappa shape index (κ1) is 17.0. The van der Waals surface area contributed by atoms with Gasteiger partial charge in [0.25, 0.3) is 0 Å². The van der Waals surface area contributed by atoms with Crippen molar-refractivity contribution in [1.82, 2.24) is 0 Å². The van der Waals surface area contributed by atoms with E-state index in [0.717, 1.165) is 5.56 Å². The van der Waals surface area contributed by atoms with E-state index in [-0.39, 0.29) is 41.2 Å². The highest BCUT2D eigenvalue weighted by molar-refractivity contribution is 5.47. The molecule has 3 aliphatic carbocycles. The van der Waals surface area contributed by atoms with Crippen molar-refractivity contribution in [2.45, 2.75) is 49.6 Å². The molecule has 2 aromatic carbocycles. The third-order valence-corrected chi connectivity index (χ3v) is 6.11. The lowest BCUT2D eigenvalue weighted by atomic mass is 9.63.